The first kappa shape index (κ1) is 11.4. The number of nitrogens with one attached hydrogen (secondary N) is 1. The van der Waals surface area contributed by atoms with E-state index < -0.39 is 10.1 Å². The number of fused-ring (bicyclic) bond motifs is 1. The molecular weight excluding hydrogens is 248 g/mol. The Balaban J connectivity index is 2.54. The Labute approximate surface area is 97.0 Å². The van der Waals surface area contributed by atoms with Crippen LogP contribution in [0.2, 0.25) is 0 Å². The predicted octanol–water partition coefficient (Wildman–Crippen LogP) is 1.92. The number of aromatic amines is 1. The Bertz CT molecular complexity index is 619. The summed E-state index contributed by atoms with van der Waals surface area (Å²) in [6.07, 6.45) is 0. The zero-order valence-electron chi connectivity index (χ0n) is 8.47. The lowest BCUT2D eigenvalue weighted by molar-refractivity contribution is 0.483. The van der Waals surface area contributed by atoms with Gasteiger partial charge in [0.2, 0.25) is 0 Å². The van der Waals surface area contributed by atoms with Gasteiger partial charge in [0.05, 0.1) is 15.9 Å². The van der Waals surface area contributed by atoms with Gasteiger partial charge in [0, 0.05) is 0 Å². The average molecular weight is 258 g/mol. The molecule has 2 N–H and O–H groups in total. The number of rotatable bonds is 3. The number of hydrogen-bond donors (Lipinski definition) is 2. The van der Waals surface area contributed by atoms with Crippen LogP contribution in [0.4, 0.5) is 0 Å². The summed E-state index contributed by atoms with van der Waals surface area (Å²) in [6.45, 7) is 2.00. The van der Waals surface area contributed by atoms with E-state index in [1.54, 1.807) is 6.07 Å². The molecule has 0 aliphatic carbocycles. The summed E-state index contributed by atoms with van der Waals surface area (Å²) >= 11 is 1.54. The smallest absolute Gasteiger partial charge is 0.294 e. The van der Waals surface area contributed by atoms with Crippen molar-refractivity contribution >= 4 is 32.9 Å². The minimum atomic E-state index is -4.15. The van der Waals surface area contributed by atoms with Crippen LogP contribution in [0.25, 0.3) is 11.0 Å². The van der Waals surface area contributed by atoms with Crippen LogP contribution in [0.15, 0.2) is 28.3 Å². The normalized spacial score (nSPS) is 12.1. The lowest BCUT2D eigenvalue weighted by atomic mass is 10.3. The van der Waals surface area contributed by atoms with Crippen LogP contribution in [-0.4, -0.2) is 28.7 Å². The summed E-state index contributed by atoms with van der Waals surface area (Å²) in [7, 11) is -4.15. The Kier molecular flexibility index (Phi) is 2.92. The first-order valence-corrected chi connectivity index (χ1v) is 7.03. The quantitative estimate of drug-likeness (QED) is 0.649. The maximum absolute atomic E-state index is 10.9. The molecule has 0 aliphatic heterocycles. The fourth-order valence-corrected chi connectivity index (χ4v) is 2.46. The van der Waals surface area contributed by atoms with Gasteiger partial charge in [-0.25, -0.2) is 4.98 Å². The van der Waals surface area contributed by atoms with Crippen molar-refractivity contribution in [1.82, 2.24) is 9.97 Å². The van der Waals surface area contributed by atoms with Crippen LogP contribution in [0.1, 0.15) is 6.92 Å². The summed E-state index contributed by atoms with van der Waals surface area (Å²) < 4.78 is 30.7. The van der Waals surface area contributed by atoms with E-state index in [0.717, 1.165) is 10.9 Å². The molecule has 0 saturated carbocycles. The van der Waals surface area contributed by atoms with Gasteiger partial charge in [-0.2, -0.15) is 8.42 Å². The van der Waals surface area contributed by atoms with Crippen molar-refractivity contribution < 1.29 is 13.0 Å². The SMILES string of the molecule is CCSc1nc2ccc(S(=O)(=O)O)cc2[nH]1. The van der Waals surface area contributed by atoms with Crippen LogP contribution < -0.4 is 0 Å². The topological polar surface area (TPSA) is 83.1 Å². The van der Waals surface area contributed by atoms with E-state index in [2.05, 4.69) is 9.97 Å². The second-order valence-corrected chi connectivity index (χ2v) is 5.80. The second kappa shape index (κ2) is 4.08. The molecule has 0 bridgehead atoms. The van der Waals surface area contributed by atoms with Gasteiger partial charge in [-0.05, 0) is 24.0 Å². The zero-order chi connectivity index (χ0) is 11.8. The molecule has 1 heterocycles. The van der Waals surface area contributed by atoms with Crippen molar-refractivity contribution in [3.8, 4) is 0 Å². The van der Waals surface area contributed by atoms with Crippen molar-refractivity contribution in [2.45, 2.75) is 17.0 Å². The van der Waals surface area contributed by atoms with Crippen molar-refractivity contribution in [2.75, 3.05) is 5.75 Å². The fraction of sp³-hybridized carbons (Fsp3) is 0.222. The first-order valence-electron chi connectivity index (χ1n) is 4.61. The predicted molar refractivity (Wildman–Crippen MR) is 62.3 cm³/mol. The third-order valence-electron chi connectivity index (χ3n) is 2.01. The fourth-order valence-electron chi connectivity index (χ4n) is 1.33. The molecule has 1 aromatic carbocycles. The molecule has 2 rings (SSSR count). The van der Waals surface area contributed by atoms with Gasteiger partial charge in [0.25, 0.3) is 10.1 Å². The zero-order valence-corrected chi connectivity index (χ0v) is 10.1. The molecule has 0 spiro atoms. The minimum absolute atomic E-state index is 0.128. The van der Waals surface area contributed by atoms with Crippen LogP contribution in [0.5, 0.6) is 0 Å². The summed E-state index contributed by atoms with van der Waals surface area (Å²) in [5, 5.41) is 0.741. The average Bonchev–Trinajstić information content (AvgIpc) is 2.57. The number of hydrogen-bond acceptors (Lipinski definition) is 4. The van der Waals surface area contributed by atoms with Gasteiger partial charge in [-0.1, -0.05) is 18.7 Å². The summed E-state index contributed by atoms with van der Waals surface area (Å²) in [5.41, 5.74) is 1.29. The number of aromatic nitrogens is 2. The van der Waals surface area contributed by atoms with E-state index in [1.807, 2.05) is 6.92 Å². The maximum Gasteiger partial charge on any atom is 0.294 e. The van der Waals surface area contributed by atoms with Gasteiger partial charge in [-0.3, -0.25) is 4.55 Å². The summed E-state index contributed by atoms with van der Waals surface area (Å²) in [6, 6.07) is 4.27. The number of nitrogens with zero attached hydrogens (tertiary/aromatic N) is 1. The number of H-pyrrole nitrogens is 1. The Morgan fingerprint density at radius 2 is 2.25 bits per heavy atom. The monoisotopic (exact) mass is 258 g/mol. The molecule has 0 atom stereocenters. The maximum atomic E-state index is 10.9. The van der Waals surface area contributed by atoms with Gasteiger partial charge in [0.1, 0.15) is 0 Å². The Morgan fingerprint density at radius 1 is 1.50 bits per heavy atom. The van der Waals surface area contributed by atoms with Gasteiger partial charge in [-0.15, -0.1) is 0 Å². The van der Waals surface area contributed by atoms with Crippen molar-refractivity contribution in [3.63, 3.8) is 0 Å². The van der Waals surface area contributed by atoms with Crippen LogP contribution >= 0.6 is 11.8 Å². The molecule has 1 aromatic heterocycles. The molecule has 86 valence electrons. The van der Waals surface area contributed by atoms with Gasteiger partial charge in [0.15, 0.2) is 5.16 Å². The highest BCUT2D eigenvalue weighted by atomic mass is 32.2. The van der Waals surface area contributed by atoms with Gasteiger partial charge < -0.3 is 4.98 Å². The molecule has 16 heavy (non-hydrogen) atoms. The molecule has 7 heteroatoms. The van der Waals surface area contributed by atoms with E-state index in [-0.39, 0.29) is 4.90 Å². The second-order valence-electron chi connectivity index (χ2n) is 3.13. The van der Waals surface area contributed by atoms with Gasteiger partial charge >= 0.3 is 0 Å². The number of imidazole rings is 1. The highest BCUT2D eigenvalue weighted by molar-refractivity contribution is 7.99. The lowest BCUT2D eigenvalue weighted by Gasteiger charge is -1.95. The largest absolute Gasteiger partial charge is 0.333 e. The standard InChI is InChI=1S/C9H10N2O3S2/c1-2-15-9-10-7-4-3-6(16(12,13)14)5-8(7)11-9/h3-5H,2H2,1H3,(H,10,11)(H,12,13,14). The van der Waals surface area contributed by atoms with Crippen molar-refractivity contribution in [2.24, 2.45) is 0 Å². The van der Waals surface area contributed by atoms with E-state index in [9.17, 15) is 8.42 Å². The van der Waals surface area contributed by atoms with E-state index >= 15 is 0 Å². The minimum Gasteiger partial charge on any atom is -0.333 e. The molecule has 0 amide bonds. The molecule has 0 unspecified atom stereocenters. The first-order chi connectivity index (χ1) is 7.50. The van der Waals surface area contributed by atoms with E-state index in [1.165, 1.54) is 23.9 Å². The van der Waals surface area contributed by atoms with Crippen LogP contribution in [-0.2, 0) is 10.1 Å². The molecule has 0 saturated heterocycles. The Morgan fingerprint density at radius 3 is 2.88 bits per heavy atom. The molecule has 5 nitrogen and oxygen atoms in total. The van der Waals surface area contributed by atoms with Crippen LogP contribution in [0.3, 0.4) is 0 Å². The van der Waals surface area contributed by atoms with Crippen LogP contribution in [0, 0.1) is 0 Å². The van der Waals surface area contributed by atoms with Crippen molar-refractivity contribution in [3.05, 3.63) is 18.2 Å². The summed E-state index contributed by atoms with van der Waals surface area (Å²) in [4.78, 5) is 7.11. The molecule has 0 aliphatic rings. The third-order valence-corrected chi connectivity index (χ3v) is 3.62. The summed E-state index contributed by atoms with van der Waals surface area (Å²) in [5.74, 6) is 0.880. The lowest BCUT2D eigenvalue weighted by Crippen LogP contribution is -1.97. The van der Waals surface area contributed by atoms with Crippen molar-refractivity contribution in [1.29, 1.82) is 0 Å². The third kappa shape index (κ3) is 2.21. The molecule has 0 radical (unpaired) electrons. The Hall–Kier alpha value is -1.05. The highest BCUT2D eigenvalue weighted by Crippen LogP contribution is 2.21. The van der Waals surface area contributed by atoms with E-state index in [0.29, 0.717) is 11.0 Å². The molecule has 0 fully saturated rings. The van der Waals surface area contributed by atoms with E-state index in [4.69, 9.17) is 4.55 Å². The molecule has 2 aromatic rings. The molecular formula is C9H10N2O3S2. The highest BCUT2D eigenvalue weighted by Gasteiger charge is 2.11. The number of thioether (sulfide) groups is 1. The number of benzene rings is 1.